The summed E-state index contributed by atoms with van der Waals surface area (Å²) < 4.78 is 5.22. The molecule has 0 radical (unpaired) electrons. The van der Waals surface area contributed by atoms with Gasteiger partial charge in [0.25, 0.3) is 0 Å². The Kier molecular flexibility index (Phi) is 8.12. The quantitative estimate of drug-likeness (QED) is 0.668. The highest BCUT2D eigenvalue weighted by atomic mass is 16.5. The number of rotatable bonds is 9. The first-order valence-electron chi connectivity index (χ1n) is 8.02. The Bertz CT molecular complexity index is 559. The fourth-order valence-corrected chi connectivity index (χ4v) is 2.18. The number of carbonyl (C=O) groups is 3. The van der Waals surface area contributed by atoms with E-state index in [2.05, 4.69) is 10.6 Å². The summed E-state index contributed by atoms with van der Waals surface area (Å²) in [4.78, 5) is 35.5. The van der Waals surface area contributed by atoms with Gasteiger partial charge in [-0.15, -0.1) is 0 Å². The minimum absolute atomic E-state index is 0.0253. The van der Waals surface area contributed by atoms with E-state index in [1.54, 1.807) is 6.92 Å². The zero-order valence-electron chi connectivity index (χ0n) is 14.7. The number of carbonyl (C=O) groups excluding carboxylic acids is 3. The summed E-state index contributed by atoms with van der Waals surface area (Å²) in [5.74, 6) is -1.01. The summed E-state index contributed by atoms with van der Waals surface area (Å²) in [6.45, 7) is 5.28. The number of likely N-dealkylation sites (N-methyl/N-ethyl adjacent to an activating group) is 1. The van der Waals surface area contributed by atoms with Gasteiger partial charge in [0.15, 0.2) is 0 Å². The lowest BCUT2D eigenvalue weighted by Crippen LogP contribution is -2.50. The fraction of sp³-hybridized carbons (Fsp3) is 0.500. The van der Waals surface area contributed by atoms with E-state index in [9.17, 15) is 14.4 Å². The first-order chi connectivity index (χ1) is 11.3. The fourth-order valence-electron chi connectivity index (χ4n) is 2.18. The molecule has 6 heteroatoms. The van der Waals surface area contributed by atoms with Gasteiger partial charge in [0.1, 0.15) is 12.4 Å². The van der Waals surface area contributed by atoms with Crippen molar-refractivity contribution in [1.82, 2.24) is 10.6 Å². The molecule has 24 heavy (non-hydrogen) atoms. The van der Waals surface area contributed by atoms with Crippen molar-refractivity contribution in [2.24, 2.45) is 5.92 Å². The van der Waals surface area contributed by atoms with Crippen LogP contribution in [0.1, 0.15) is 32.8 Å². The largest absolute Gasteiger partial charge is 0.461 e. The van der Waals surface area contributed by atoms with Crippen molar-refractivity contribution in [3.05, 3.63) is 35.9 Å². The molecule has 0 heterocycles. The predicted octanol–water partition coefficient (Wildman–Crippen LogP) is 1.44. The highest BCUT2D eigenvalue weighted by Crippen LogP contribution is 2.08. The third-order valence-electron chi connectivity index (χ3n) is 4.03. The van der Waals surface area contributed by atoms with Crippen LogP contribution in [0.15, 0.2) is 30.3 Å². The molecule has 1 aromatic carbocycles. The Balaban J connectivity index is 2.60. The van der Waals surface area contributed by atoms with Crippen molar-refractivity contribution in [2.45, 2.75) is 45.9 Å². The predicted molar refractivity (Wildman–Crippen MR) is 91.2 cm³/mol. The minimum atomic E-state index is -0.741. The van der Waals surface area contributed by atoms with Crippen LogP contribution in [0.5, 0.6) is 0 Å². The van der Waals surface area contributed by atoms with Gasteiger partial charge in [-0.05, 0) is 19.4 Å². The van der Waals surface area contributed by atoms with Gasteiger partial charge in [0.2, 0.25) is 5.91 Å². The van der Waals surface area contributed by atoms with Crippen molar-refractivity contribution in [2.75, 3.05) is 7.05 Å². The Morgan fingerprint density at radius 1 is 1.12 bits per heavy atom. The van der Waals surface area contributed by atoms with Gasteiger partial charge in [0, 0.05) is 19.0 Å². The van der Waals surface area contributed by atoms with Gasteiger partial charge in [-0.25, -0.2) is 0 Å². The highest BCUT2D eigenvalue weighted by Gasteiger charge is 2.26. The molecule has 0 spiro atoms. The standard InChI is InChI=1S/C18H26N2O4/c1-12(14(3)21)13(2)20-16(18(23)19-4)10-17(22)24-11-15-8-6-5-7-9-15/h5-9,12-13,16,20H,10-11H2,1-4H3,(H,19,23). The van der Waals surface area contributed by atoms with Crippen LogP contribution in [0.3, 0.4) is 0 Å². The van der Waals surface area contributed by atoms with E-state index in [1.165, 1.54) is 14.0 Å². The van der Waals surface area contributed by atoms with E-state index in [-0.39, 0.29) is 36.7 Å². The molecule has 3 unspecified atom stereocenters. The first kappa shape index (κ1) is 19.8. The lowest BCUT2D eigenvalue weighted by atomic mass is 9.98. The number of nitrogens with one attached hydrogen (secondary N) is 2. The van der Waals surface area contributed by atoms with Crippen molar-refractivity contribution in [1.29, 1.82) is 0 Å². The monoisotopic (exact) mass is 334 g/mol. The highest BCUT2D eigenvalue weighted by molar-refractivity contribution is 5.86. The van der Waals surface area contributed by atoms with Gasteiger partial charge in [-0.1, -0.05) is 37.3 Å². The van der Waals surface area contributed by atoms with Gasteiger partial charge >= 0.3 is 5.97 Å². The summed E-state index contributed by atoms with van der Waals surface area (Å²) in [6.07, 6.45) is -0.0958. The molecule has 0 aliphatic carbocycles. The molecular formula is C18H26N2O4. The molecule has 0 fully saturated rings. The van der Waals surface area contributed by atoms with Crippen LogP contribution in [0, 0.1) is 5.92 Å². The van der Waals surface area contributed by atoms with E-state index in [0.717, 1.165) is 5.56 Å². The summed E-state index contributed by atoms with van der Waals surface area (Å²) >= 11 is 0. The number of hydrogen-bond donors (Lipinski definition) is 2. The molecule has 2 N–H and O–H groups in total. The Morgan fingerprint density at radius 3 is 2.29 bits per heavy atom. The van der Waals surface area contributed by atoms with Crippen LogP contribution in [-0.2, 0) is 25.7 Å². The minimum Gasteiger partial charge on any atom is -0.461 e. The Labute approximate surface area is 143 Å². The molecule has 6 nitrogen and oxygen atoms in total. The van der Waals surface area contributed by atoms with E-state index in [4.69, 9.17) is 4.74 Å². The van der Waals surface area contributed by atoms with Crippen LogP contribution in [0.4, 0.5) is 0 Å². The molecule has 0 aromatic heterocycles. The van der Waals surface area contributed by atoms with Crippen LogP contribution in [-0.4, -0.2) is 36.8 Å². The molecule has 1 aromatic rings. The second-order valence-corrected chi connectivity index (χ2v) is 5.87. The third-order valence-corrected chi connectivity index (χ3v) is 4.03. The van der Waals surface area contributed by atoms with Crippen LogP contribution in [0.25, 0.3) is 0 Å². The number of Topliss-reactive ketones (excluding diaryl/α,β-unsaturated/α-hetero) is 1. The van der Waals surface area contributed by atoms with Gasteiger partial charge in [-0.2, -0.15) is 0 Å². The Morgan fingerprint density at radius 2 is 1.75 bits per heavy atom. The number of amides is 1. The molecule has 1 rings (SSSR count). The summed E-state index contributed by atoms with van der Waals surface area (Å²) in [6, 6.07) is 8.36. The molecule has 1 amide bonds. The lowest BCUT2D eigenvalue weighted by molar-refractivity contribution is -0.147. The summed E-state index contributed by atoms with van der Waals surface area (Å²) in [5, 5.41) is 5.57. The third kappa shape index (κ3) is 6.50. The zero-order chi connectivity index (χ0) is 18.1. The van der Waals surface area contributed by atoms with Crippen LogP contribution < -0.4 is 10.6 Å². The maximum absolute atomic E-state index is 12.0. The molecule has 0 saturated carbocycles. The second kappa shape index (κ2) is 9.82. The van der Waals surface area contributed by atoms with Gasteiger partial charge < -0.3 is 15.4 Å². The smallest absolute Gasteiger partial charge is 0.308 e. The topological polar surface area (TPSA) is 84.5 Å². The van der Waals surface area contributed by atoms with Gasteiger partial charge in [0.05, 0.1) is 12.5 Å². The number of ketones is 1. The SMILES string of the molecule is CNC(=O)C(CC(=O)OCc1ccccc1)NC(C)C(C)C(C)=O. The molecule has 3 atom stereocenters. The van der Waals surface area contributed by atoms with Crippen LogP contribution >= 0.6 is 0 Å². The van der Waals surface area contributed by atoms with Crippen LogP contribution in [0.2, 0.25) is 0 Å². The molecule has 0 aliphatic rings. The molecular weight excluding hydrogens is 308 g/mol. The summed E-state index contributed by atoms with van der Waals surface area (Å²) in [5.41, 5.74) is 0.883. The molecule has 0 aliphatic heterocycles. The summed E-state index contributed by atoms with van der Waals surface area (Å²) in [7, 11) is 1.51. The average Bonchev–Trinajstić information content (AvgIpc) is 2.58. The molecule has 0 saturated heterocycles. The number of ether oxygens (including phenoxy) is 1. The van der Waals surface area contributed by atoms with Crippen molar-refractivity contribution in [3.8, 4) is 0 Å². The van der Waals surface area contributed by atoms with E-state index in [1.807, 2.05) is 37.3 Å². The van der Waals surface area contributed by atoms with Crippen molar-refractivity contribution >= 4 is 17.7 Å². The molecule has 0 bridgehead atoms. The maximum Gasteiger partial charge on any atom is 0.308 e. The van der Waals surface area contributed by atoms with Crippen molar-refractivity contribution < 1.29 is 19.1 Å². The molecule has 132 valence electrons. The van der Waals surface area contributed by atoms with E-state index >= 15 is 0 Å². The lowest BCUT2D eigenvalue weighted by Gasteiger charge is -2.24. The maximum atomic E-state index is 12.0. The van der Waals surface area contributed by atoms with Gasteiger partial charge in [-0.3, -0.25) is 14.4 Å². The number of hydrogen-bond acceptors (Lipinski definition) is 5. The zero-order valence-corrected chi connectivity index (χ0v) is 14.7. The number of benzene rings is 1. The van der Waals surface area contributed by atoms with E-state index in [0.29, 0.717) is 0 Å². The first-order valence-corrected chi connectivity index (χ1v) is 8.02. The van der Waals surface area contributed by atoms with E-state index < -0.39 is 12.0 Å². The normalized spacial score (nSPS) is 14.3. The second-order valence-electron chi connectivity index (χ2n) is 5.87. The average molecular weight is 334 g/mol. The Hall–Kier alpha value is -2.21. The number of esters is 1. The van der Waals surface area contributed by atoms with Crippen molar-refractivity contribution in [3.63, 3.8) is 0 Å².